The first-order valence-electron chi connectivity index (χ1n) is 5.68. The Morgan fingerprint density at radius 1 is 1.31 bits per heavy atom. The van der Waals surface area contributed by atoms with E-state index >= 15 is 0 Å². The Hall–Kier alpha value is -0.960. The Labute approximate surface area is 101 Å². The molecule has 0 aromatic heterocycles. The fraction of sp³-hybridized carbons (Fsp3) is 0.462. The molecule has 2 aliphatic rings. The van der Waals surface area contributed by atoms with Crippen molar-refractivity contribution in [3.05, 3.63) is 24.3 Å². The minimum Gasteiger partial charge on any atom is -0.318 e. The number of amidine groups is 1. The molecule has 1 atom stereocenters. The van der Waals surface area contributed by atoms with Crippen molar-refractivity contribution >= 4 is 22.6 Å². The Balaban J connectivity index is 1.94. The molecule has 0 spiro atoms. The predicted molar refractivity (Wildman–Crippen MR) is 70.3 cm³/mol. The third kappa shape index (κ3) is 1.46. The number of hydrogen-bond acceptors (Lipinski definition) is 3. The maximum absolute atomic E-state index is 4.84. The van der Waals surface area contributed by atoms with Crippen LogP contribution < -0.4 is 4.90 Å². The van der Waals surface area contributed by atoms with Gasteiger partial charge in [0.2, 0.25) is 0 Å². The highest BCUT2D eigenvalue weighted by atomic mass is 32.2. The van der Waals surface area contributed by atoms with E-state index in [1.807, 2.05) is 0 Å². The van der Waals surface area contributed by atoms with Gasteiger partial charge in [-0.05, 0) is 29.3 Å². The summed E-state index contributed by atoms with van der Waals surface area (Å²) in [5.41, 5.74) is 1.59. The van der Waals surface area contributed by atoms with Crippen molar-refractivity contribution < 1.29 is 0 Å². The number of thioether (sulfide) groups is 1. The molecule has 0 aliphatic carbocycles. The van der Waals surface area contributed by atoms with Gasteiger partial charge in [-0.1, -0.05) is 32.9 Å². The average Bonchev–Trinajstić information content (AvgIpc) is 2.72. The van der Waals surface area contributed by atoms with Crippen LogP contribution >= 0.6 is 11.8 Å². The van der Waals surface area contributed by atoms with Crippen molar-refractivity contribution in [1.29, 1.82) is 0 Å². The molecule has 0 radical (unpaired) electrons. The van der Waals surface area contributed by atoms with E-state index in [1.54, 1.807) is 11.8 Å². The van der Waals surface area contributed by atoms with E-state index in [4.69, 9.17) is 4.99 Å². The first-order chi connectivity index (χ1) is 7.55. The third-order valence-electron chi connectivity index (χ3n) is 3.21. The lowest BCUT2D eigenvalue weighted by atomic mass is 9.87. The molecule has 2 nitrogen and oxygen atoms in total. The van der Waals surface area contributed by atoms with Gasteiger partial charge >= 0.3 is 0 Å². The number of fused-ring (bicyclic) bond motifs is 3. The summed E-state index contributed by atoms with van der Waals surface area (Å²) in [5, 5.41) is 1.18. The molecule has 3 rings (SSSR count). The van der Waals surface area contributed by atoms with Crippen molar-refractivity contribution in [3.63, 3.8) is 0 Å². The number of anilines is 1. The van der Waals surface area contributed by atoms with Gasteiger partial charge in [-0.2, -0.15) is 0 Å². The van der Waals surface area contributed by atoms with E-state index in [9.17, 15) is 0 Å². The second-order valence-electron chi connectivity index (χ2n) is 5.47. The molecule has 0 fully saturated rings. The van der Waals surface area contributed by atoms with Gasteiger partial charge in [-0.25, -0.2) is 0 Å². The molecule has 2 heterocycles. The summed E-state index contributed by atoms with van der Waals surface area (Å²) in [4.78, 5) is 8.54. The number of aliphatic imine (C=N–C) groups is 1. The van der Waals surface area contributed by atoms with Crippen molar-refractivity contribution in [2.24, 2.45) is 10.4 Å². The summed E-state index contributed by atoms with van der Waals surface area (Å²) in [7, 11) is 0. The van der Waals surface area contributed by atoms with E-state index in [0.29, 0.717) is 6.04 Å². The molecule has 0 N–H and O–H groups in total. The fourth-order valence-corrected chi connectivity index (χ4v) is 3.20. The van der Waals surface area contributed by atoms with E-state index in [1.165, 1.54) is 15.8 Å². The summed E-state index contributed by atoms with van der Waals surface area (Å²) in [6, 6.07) is 8.98. The van der Waals surface area contributed by atoms with E-state index in [2.05, 4.69) is 49.9 Å². The lowest BCUT2D eigenvalue weighted by Gasteiger charge is -2.25. The quantitative estimate of drug-likeness (QED) is 0.681. The zero-order valence-corrected chi connectivity index (χ0v) is 10.7. The van der Waals surface area contributed by atoms with Gasteiger partial charge < -0.3 is 4.90 Å². The van der Waals surface area contributed by atoms with Crippen LogP contribution in [0.15, 0.2) is 34.2 Å². The Morgan fingerprint density at radius 2 is 2.06 bits per heavy atom. The van der Waals surface area contributed by atoms with Gasteiger partial charge in [0.25, 0.3) is 0 Å². The second kappa shape index (κ2) is 3.27. The van der Waals surface area contributed by atoms with Gasteiger partial charge in [0.05, 0.1) is 11.7 Å². The number of benzene rings is 1. The highest BCUT2D eigenvalue weighted by Crippen LogP contribution is 2.44. The molecule has 1 aromatic rings. The van der Waals surface area contributed by atoms with E-state index < -0.39 is 0 Å². The summed E-state index contributed by atoms with van der Waals surface area (Å²) in [6.45, 7) is 7.82. The highest BCUT2D eigenvalue weighted by molar-refractivity contribution is 8.14. The molecule has 84 valence electrons. The van der Waals surface area contributed by atoms with Crippen molar-refractivity contribution in [2.45, 2.75) is 31.7 Å². The standard InChI is InChI=1S/C13H16N2S/c1-13(2,3)11-8-15-9-6-4-5-7-10(9)16-12(15)14-11/h4-7,11H,8H2,1-3H3. The number of hydrogen-bond donors (Lipinski definition) is 0. The van der Waals surface area contributed by atoms with E-state index in [-0.39, 0.29) is 5.41 Å². The molecule has 0 saturated carbocycles. The molecule has 1 unspecified atom stereocenters. The zero-order chi connectivity index (χ0) is 11.3. The van der Waals surface area contributed by atoms with E-state index in [0.717, 1.165) is 6.54 Å². The third-order valence-corrected chi connectivity index (χ3v) is 4.28. The van der Waals surface area contributed by atoms with Gasteiger partial charge in [0.1, 0.15) is 0 Å². The Morgan fingerprint density at radius 3 is 2.81 bits per heavy atom. The monoisotopic (exact) mass is 232 g/mol. The summed E-state index contributed by atoms with van der Waals surface area (Å²) >= 11 is 1.80. The summed E-state index contributed by atoms with van der Waals surface area (Å²) < 4.78 is 0. The van der Waals surface area contributed by atoms with Crippen molar-refractivity contribution in [2.75, 3.05) is 11.4 Å². The van der Waals surface area contributed by atoms with Crippen LogP contribution in [0.1, 0.15) is 20.8 Å². The minimum absolute atomic E-state index is 0.257. The minimum atomic E-state index is 0.257. The normalized spacial score (nSPS) is 23.1. The lowest BCUT2D eigenvalue weighted by Crippen LogP contribution is -2.31. The van der Waals surface area contributed by atoms with Crippen LogP contribution in [0.4, 0.5) is 5.69 Å². The van der Waals surface area contributed by atoms with Crippen LogP contribution in [-0.4, -0.2) is 17.8 Å². The lowest BCUT2D eigenvalue weighted by molar-refractivity contribution is 0.337. The molecule has 0 amide bonds. The van der Waals surface area contributed by atoms with Crippen molar-refractivity contribution in [3.8, 4) is 0 Å². The maximum Gasteiger partial charge on any atom is 0.169 e. The number of para-hydroxylation sites is 1. The fourth-order valence-electron chi connectivity index (χ4n) is 2.11. The van der Waals surface area contributed by atoms with Gasteiger partial charge in [0, 0.05) is 11.4 Å². The first-order valence-corrected chi connectivity index (χ1v) is 6.49. The smallest absolute Gasteiger partial charge is 0.169 e. The Bertz CT molecular complexity index is 459. The maximum atomic E-state index is 4.84. The van der Waals surface area contributed by atoms with Crippen LogP contribution in [0.2, 0.25) is 0 Å². The van der Waals surface area contributed by atoms with Crippen LogP contribution in [0.5, 0.6) is 0 Å². The summed E-state index contributed by atoms with van der Waals surface area (Å²) in [6.07, 6.45) is 0. The molecule has 2 aliphatic heterocycles. The first kappa shape index (κ1) is 10.2. The van der Waals surface area contributed by atoms with Crippen LogP contribution in [0.25, 0.3) is 0 Å². The average molecular weight is 232 g/mol. The molecular formula is C13H16N2S. The van der Waals surface area contributed by atoms with Crippen LogP contribution in [0, 0.1) is 5.41 Å². The van der Waals surface area contributed by atoms with Crippen LogP contribution in [-0.2, 0) is 0 Å². The molecule has 0 bridgehead atoms. The highest BCUT2D eigenvalue weighted by Gasteiger charge is 2.38. The topological polar surface area (TPSA) is 15.6 Å². The molecule has 1 aromatic carbocycles. The van der Waals surface area contributed by atoms with Gasteiger partial charge in [-0.3, -0.25) is 4.99 Å². The van der Waals surface area contributed by atoms with Crippen LogP contribution in [0.3, 0.4) is 0 Å². The number of rotatable bonds is 0. The SMILES string of the molecule is CC(C)(C)C1CN2C(=N1)Sc1ccccc12. The molecule has 0 saturated heterocycles. The largest absolute Gasteiger partial charge is 0.318 e. The molecule has 3 heteroatoms. The Kier molecular flexibility index (Phi) is 2.08. The summed E-state index contributed by atoms with van der Waals surface area (Å²) in [5.74, 6) is 0. The zero-order valence-electron chi connectivity index (χ0n) is 9.90. The molecule has 16 heavy (non-hydrogen) atoms. The van der Waals surface area contributed by atoms with Gasteiger partial charge in [-0.15, -0.1) is 0 Å². The van der Waals surface area contributed by atoms with Gasteiger partial charge in [0.15, 0.2) is 5.17 Å². The predicted octanol–water partition coefficient (Wildman–Crippen LogP) is 3.38. The van der Waals surface area contributed by atoms with Crippen molar-refractivity contribution in [1.82, 2.24) is 0 Å². The second-order valence-corrected chi connectivity index (χ2v) is 6.48. The number of nitrogens with zero attached hydrogens (tertiary/aromatic N) is 2. The molecular weight excluding hydrogens is 216 g/mol.